The average Bonchev–Trinajstić information content (AvgIpc) is 2.42. The Labute approximate surface area is 124 Å². The Kier molecular flexibility index (Phi) is 6.53. The number of amides is 1. The Morgan fingerprint density at radius 1 is 1.50 bits per heavy atom. The van der Waals surface area contributed by atoms with Gasteiger partial charge in [-0.1, -0.05) is 23.4 Å². The Balaban J connectivity index is 2.81. The Hall–Kier alpha value is -1.54. The number of halogens is 1. The molecular formula is C15H18ClNO3. The van der Waals surface area contributed by atoms with Crippen LogP contribution in [0.25, 0.3) is 0 Å². The van der Waals surface area contributed by atoms with E-state index in [0.717, 1.165) is 0 Å². The second kappa shape index (κ2) is 7.91. The van der Waals surface area contributed by atoms with Crippen molar-refractivity contribution in [3.05, 3.63) is 34.3 Å². The number of carbonyl (C=O) groups is 1. The summed E-state index contributed by atoms with van der Waals surface area (Å²) in [6.45, 7) is 1.92. The molecule has 0 radical (unpaired) electrons. The maximum Gasteiger partial charge on any atom is 0.253 e. The molecule has 20 heavy (non-hydrogen) atoms. The maximum absolute atomic E-state index is 12.1. The summed E-state index contributed by atoms with van der Waals surface area (Å²) in [5.41, 5.74) is 1.04. The SMILES string of the molecule is CC(O)CCN(C)C(=O)c1ccc(C#CCO)c(Cl)c1. The van der Waals surface area contributed by atoms with Crippen molar-refractivity contribution in [1.82, 2.24) is 4.90 Å². The Morgan fingerprint density at radius 3 is 2.75 bits per heavy atom. The van der Waals surface area contributed by atoms with Crippen molar-refractivity contribution >= 4 is 17.5 Å². The van der Waals surface area contributed by atoms with Gasteiger partial charge < -0.3 is 15.1 Å². The summed E-state index contributed by atoms with van der Waals surface area (Å²) in [5.74, 6) is 5.06. The molecule has 0 heterocycles. The third-order valence-electron chi connectivity index (χ3n) is 2.75. The summed E-state index contributed by atoms with van der Waals surface area (Å²) >= 11 is 6.05. The minimum Gasteiger partial charge on any atom is -0.393 e. The topological polar surface area (TPSA) is 60.8 Å². The second-order valence-corrected chi connectivity index (χ2v) is 4.93. The van der Waals surface area contributed by atoms with Crippen molar-refractivity contribution < 1.29 is 15.0 Å². The molecule has 0 aliphatic heterocycles. The van der Waals surface area contributed by atoms with Gasteiger partial charge in [-0.05, 0) is 31.5 Å². The molecule has 1 rings (SSSR count). The lowest BCUT2D eigenvalue weighted by Crippen LogP contribution is -2.29. The molecular weight excluding hydrogens is 278 g/mol. The van der Waals surface area contributed by atoms with E-state index in [2.05, 4.69) is 11.8 Å². The van der Waals surface area contributed by atoms with Gasteiger partial charge in [0, 0.05) is 24.7 Å². The smallest absolute Gasteiger partial charge is 0.253 e. The lowest BCUT2D eigenvalue weighted by atomic mass is 10.1. The van der Waals surface area contributed by atoms with Gasteiger partial charge in [-0.3, -0.25) is 4.79 Å². The number of rotatable bonds is 4. The van der Waals surface area contributed by atoms with E-state index < -0.39 is 6.10 Å². The highest BCUT2D eigenvalue weighted by atomic mass is 35.5. The van der Waals surface area contributed by atoms with E-state index in [9.17, 15) is 9.90 Å². The minimum absolute atomic E-state index is 0.158. The van der Waals surface area contributed by atoms with E-state index in [0.29, 0.717) is 29.1 Å². The zero-order valence-electron chi connectivity index (χ0n) is 11.6. The van der Waals surface area contributed by atoms with Crippen LogP contribution in [-0.4, -0.2) is 47.3 Å². The molecule has 1 amide bonds. The highest BCUT2D eigenvalue weighted by Gasteiger charge is 2.13. The number of hydrogen-bond donors (Lipinski definition) is 2. The van der Waals surface area contributed by atoms with E-state index in [1.54, 1.807) is 32.2 Å². The molecule has 0 saturated carbocycles. The highest BCUT2D eigenvalue weighted by molar-refractivity contribution is 6.32. The van der Waals surface area contributed by atoms with E-state index in [1.807, 2.05) is 0 Å². The van der Waals surface area contributed by atoms with Crippen molar-refractivity contribution in [3.63, 3.8) is 0 Å². The van der Waals surface area contributed by atoms with Gasteiger partial charge in [0.05, 0.1) is 11.1 Å². The predicted molar refractivity (Wildman–Crippen MR) is 78.7 cm³/mol. The largest absolute Gasteiger partial charge is 0.393 e. The van der Waals surface area contributed by atoms with Gasteiger partial charge >= 0.3 is 0 Å². The van der Waals surface area contributed by atoms with E-state index >= 15 is 0 Å². The predicted octanol–water partition coefficient (Wildman–Crippen LogP) is 1.53. The first-order chi connectivity index (χ1) is 9.45. The standard InChI is InChI=1S/C15H18ClNO3/c1-11(19)7-8-17(2)15(20)13-6-5-12(4-3-9-18)14(16)10-13/h5-6,10-11,18-19H,7-9H2,1-2H3. The van der Waals surface area contributed by atoms with Crippen molar-refractivity contribution in [2.75, 3.05) is 20.2 Å². The Bertz CT molecular complexity index is 532. The lowest BCUT2D eigenvalue weighted by Gasteiger charge is -2.18. The first-order valence-corrected chi connectivity index (χ1v) is 6.66. The van der Waals surface area contributed by atoms with Crippen molar-refractivity contribution in [2.24, 2.45) is 0 Å². The number of hydrogen-bond acceptors (Lipinski definition) is 3. The summed E-state index contributed by atoms with van der Waals surface area (Å²) in [7, 11) is 1.68. The first kappa shape index (κ1) is 16.5. The molecule has 0 aliphatic carbocycles. The number of benzene rings is 1. The molecule has 4 nitrogen and oxygen atoms in total. The van der Waals surface area contributed by atoms with Crippen LogP contribution in [0.3, 0.4) is 0 Å². The van der Waals surface area contributed by atoms with Gasteiger partial charge in [0.1, 0.15) is 6.61 Å². The molecule has 1 aromatic carbocycles. The zero-order valence-corrected chi connectivity index (χ0v) is 12.3. The molecule has 0 bridgehead atoms. The van der Waals surface area contributed by atoms with Crippen molar-refractivity contribution in [3.8, 4) is 11.8 Å². The van der Waals surface area contributed by atoms with E-state index in [-0.39, 0.29) is 12.5 Å². The molecule has 1 atom stereocenters. The molecule has 0 aliphatic rings. The van der Waals surface area contributed by atoms with Crippen molar-refractivity contribution in [2.45, 2.75) is 19.4 Å². The monoisotopic (exact) mass is 295 g/mol. The third kappa shape index (κ3) is 4.86. The molecule has 0 fully saturated rings. The summed E-state index contributed by atoms with van der Waals surface area (Å²) < 4.78 is 0. The van der Waals surface area contributed by atoms with E-state index in [1.165, 1.54) is 4.90 Å². The fourth-order valence-corrected chi connectivity index (χ4v) is 1.81. The fourth-order valence-electron chi connectivity index (χ4n) is 1.59. The normalized spacial score (nSPS) is 11.4. The molecule has 1 unspecified atom stereocenters. The van der Waals surface area contributed by atoms with Crippen LogP contribution < -0.4 is 0 Å². The Morgan fingerprint density at radius 2 is 2.20 bits per heavy atom. The van der Waals surface area contributed by atoms with Crippen LogP contribution in [0.1, 0.15) is 29.3 Å². The highest BCUT2D eigenvalue weighted by Crippen LogP contribution is 2.18. The maximum atomic E-state index is 12.1. The summed E-state index contributed by atoms with van der Waals surface area (Å²) in [4.78, 5) is 13.7. The molecule has 1 aromatic rings. The van der Waals surface area contributed by atoms with Crippen LogP contribution in [0.4, 0.5) is 0 Å². The minimum atomic E-state index is -0.440. The molecule has 5 heteroatoms. The van der Waals surface area contributed by atoms with E-state index in [4.69, 9.17) is 16.7 Å². The quantitative estimate of drug-likeness (QED) is 0.828. The molecule has 0 saturated heterocycles. The van der Waals surface area contributed by atoms with Crippen LogP contribution >= 0.6 is 11.6 Å². The van der Waals surface area contributed by atoms with Gasteiger partial charge in [0.25, 0.3) is 5.91 Å². The van der Waals surface area contributed by atoms with Crippen LogP contribution in [-0.2, 0) is 0 Å². The first-order valence-electron chi connectivity index (χ1n) is 6.28. The van der Waals surface area contributed by atoms with Gasteiger partial charge in [0.2, 0.25) is 0 Å². The fraction of sp³-hybridized carbons (Fsp3) is 0.400. The molecule has 2 N–H and O–H groups in total. The molecule has 0 spiro atoms. The number of carbonyl (C=O) groups excluding carboxylic acids is 1. The van der Waals surface area contributed by atoms with Crippen LogP contribution in [0.15, 0.2) is 18.2 Å². The van der Waals surface area contributed by atoms with Gasteiger partial charge in [-0.15, -0.1) is 0 Å². The van der Waals surface area contributed by atoms with Gasteiger partial charge in [-0.25, -0.2) is 0 Å². The number of nitrogens with zero attached hydrogens (tertiary/aromatic N) is 1. The second-order valence-electron chi connectivity index (χ2n) is 4.52. The van der Waals surface area contributed by atoms with Gasteiger partial charge in [-0.2, -0.15) is 0 Å². The number of aliphatic hydroxyl groups excluding tert-OH is 2. The summed E-state index contributed by atoms with van der Waals surface area (Å²) in [6.07, 6.45) is 0.0840. The summed E-state index contributed by atoms with van der Waals surface area (Å²) in [5, 5.41) is 18.2. The molecule has 108 valence electrons. The summed E-state index contributed by atoms with van der Waals surface area (Å²) in [6, 6.07) is 4.86. The number of aliphatic hydroxyl groups is 2. The zero-order chi connectivity index (χ0) is 15.1. The average molecular weight is 296 g/mol. The molecule has 0 aromatic heterocycles. The van der Waals surface area contributed by atoms with Crippen molar-refractivity contribution in [1.29, 1.82) is 0 Å². The van der Waals surface area contributed by atoms with Crippen LogP contribution in [0, 0.1) is 11.8 Å². The lowest BCUT2D eigenvalue weighted by molar-refractivity contribution is 0.0769. The van der Waals surface area contributed by atoms with Crippen LogP contribution in [0.5, 0.6) is 0 Å². The third-order valence-corrected chi connectivity index (χ3v) is 3.06. The van der Waals surface area contributed by atoms with Gasteiger partial charge in [0.15, 0.2) is 0 Å². The van der Waals surface area contributed by atoms with Crippen LogP contribution in [0.2, 0.25) is 5.02 Å².